The van der Waals surface area contributed by atoms with Gasteiger partial charge in [-0.1, -0.05) is 10.3 Å². The average molecular weight is 314 g/mol. The maximum Gasteiger partial charge on any atom is 0.360 e. The van der Waals surface area contributed by atoms with Crippen LogP contribution in [0.2, 0.25) is 0 Å². The van der Waals surface area contributed by atoms with Gasteiger partial charge in [0, 0.05) is 6.61 Å². The van der Waals surface area contributed by atoms with Gasteiger partial charge in [-0.2, -0.15) is 0 Å². The van der Waals surface area contributed by atoms with Crippen LogP contribution in [-0.4, -0.2) is 55.6 Å². The Hall–Kier alpha value is -2.16. The number of nitrogens with zero attached hydrogens (tertiary/aromatic N) is 2. The molecule has 2 aliphatic heterocycles. The van der Waals surface area contributed by atoms with Crippen LogP contribution < -0.4 is 0 Å². The van der Waals surface area contributed by atoms with Gasteiger partial charge in [-0.15, -0.1) is 0 Å². The van der Waals surface area contributed by atoms with E-state index in [-0.39, 0.29) is 24.6 Å². The molecule has 0 fully saturated rings. The van der Waals surface area contributed by atoms with Crippen LogP contribution in [-0.2, 0) is 33.5 Å². The summed E-state index contributed by atoms with van der Waals surface area (Å²) in [6, 6.07) is 0. The molecule has 0 bridgehead atoms. The Morgan fingerprint density at radius 1 is 0.955 bits per heavy atom. The van der Waals surface area contributed by atoms with Crippen molar-refractivity contribution >= 4 is 23.4 Å². The Bertz CT molecular complexity index is 503. The molecule has 0 aromatic rings. The van der Waals surface area contributed by atoms with Crippen molar-refractivity contribution in [2.75, 3.05) is 19.8 Å². The summed E-state index contributed by atoms with van der Waals surface area (Å²) in [5, 5.41) is 7.41. The highest BCUT2D eigenvalue weighted by atomic mass is 16.8. The molecule has 3 atom stereocenters. The number of carbonyl (C=O) groups is 2. The number of hydrogen-bond acceptors (Lipinski definition) is 9. The van der Waals surface area contributed by atoms with Gasteiger partial charge < -0.3 is 23.9 Å². The maximum absolute atomic E-state index is 12.0. The summed E-state index contributed by atoms with van der Waals surface area (Å²) in [5.74, 6) is -2.07. The summed E-state index contributed by atoms with van der Waals surface area (Å²) in [4.78, 5) is 34.2. The lowest BCUT2D eigenvalue weighted by Crippen LogP contribution is -2.49. The first-order valence-corrected chi connectivity index (χ1v) is 7.07. The number of rotatable bonds is 6. The summed E-state index contributed by atoms with van der Waals surface area (Å²) < 4.78 is 15.2. The van der Waals surface area contributed by atoms with E-state index >= 15 is 0 Å². The Balaban J connectivity index is 2.24. The topological polar surface area (TPSA) is 105 Å². The first kappa shape index (κ1) is 16.2. The smallest absolute Gasteiger partial charge is 0.360 e. The molecule has 0 saturated carbocycles. The van der Waals surface area contributed by atoms with E-state index in [4.69, 9.17) is 23.9 Å². The van der Waals surface area contributed by atoms with Gasteiger partial charge in [0.25, 0.3) is 0 Å². The van der Waals surface area contributed by atoms with E-state index in [0.717, 1.165) is 0 Å². The summed E-state index contributed by atoms with van der Waals surface area (Å²) >= 11 is 0. The van der Waals surface area contributed by atoms with E-state index < -0.39 is 30.3 Å². The molecule has 9 heteroatoms. The molecular formula is C13H18N2O7. The van der Waals surface area contributed by atoms with Crippen molar-refractivity contribution in [2.45, 2.75) is 33.2 Å². The van der Waals surface area contributed by atoms with Gasteiger partial charge in [0.2, 0.25) is 12.0 Å². The zero-order valence-electron chi connectivity index (χ0n) is 12.6. The molecule has 0 amide bonds. The molecule has 0 aliphatic carbocycles. The molecular weight excluding hydrogens is 296 g/mol. The van der Waals surface area contributed by atoms with Gasteiger partial charge in [-0.3, -0.25) is 0 Å². The van der Waals surface area contributed by atoms with Crippen LogP contribution in [0, 0.1) is 5.92 Å². The molecule has 2 heterocycles. The van der Waals surface area contributed by atoms with Crippen molar-refractivity contribution in [3.05, 3.63) is 0 Å². The Labute approximate surface area is 127 Å². The zero-order valence-corrected chi connectivity index (χ0v) is 12.6. The second-order valence-electron chi connectivity index (χ2n) is 4.37. The maximum atomic E-state index is 12.0. The molecule has 9 nitrogen and oxygen atoms in total. The quantitative estimate of drug-likeness (QED) is 0.646. The molecule has 0 saturated heterocycles. The molecule has 0 aromatic carbocycles. The Kier molecular flexibility index (Phi) is 5.31. The van der Waals surface area contributed by atoms with Crippen LogP contribution in [0.5, 0.6) is 0 Å². The summed E-state index contributed by atoms with van der Waals surface area (Å²) in [6.07, 6.45) is -1.79. The van der Waals surface area contributed by atoms with Gasteiger partial charge in [0.15, 0.2) is 11.8 Å². The van der Waals surface area contributed by atoms with E-state index in [9.17, 15) is 9.59 Å². The second kappa shape index (κ2) is 7.21. The summed E-state index contributed by atoms with van der Waals surface area (Å²) in [7, 11) is 0. The fourth-order valence-corrected chi connectivity index (χ4v) is 2.14. The Morgan fingerprint density at radius 3 is 2.14 bits per heavy atom. The monoisotopic (exact) mass is 314 g/mol. The van der Waals surface area contributed by atoms with E-state index in [1.165, 1.54) is 0 Å². The SMILES string of the molecule is CCOC(=O)C1=NO[C@@H]2C(C(=O)OCC)=NO[C@@H](OCC)[C@H]12. The van der Waals surface area contributed by atoms with Crippen molar-refractivity contribution in [3.63, 3.8) is 0 Å². The number of hydrogen-bond donors (Lipinski definition) is 0. The third-order valence-corrected chi connectivity index (χ3v) is 3.02. The van der Waals surface area contributed by atoms with Gasteiger partial charge in [0.1, 0.15) is 5.92 Å². The molecule has 0 unspecified atom stereocenters. The van der Waals surface area contributed by atoms with Crippen molar-refractivity contribution in [2.24, 2.45) is 16.2 Å². The van der Waals surface area contributed by atoms with Crippen LogP contribution in [0.4, 0.5) is 0 Å². The van der Waals surface area contributed by atoms with Crippen molar-refractivity contribution in [1.82, 2.24) is 0 Å². The average Bonchev–Trinajstić information content (AvgIpc) is 2.93. The minimum Gasteiger partial charge on any atom is -0.461 e. The first-order valence-electron chi connectivity index (χ1n) is 7.07. The highest BCUT2D eigenvalue weighted by Gasteiger charge is 2.53. The molecule has 0 radical (unpaired) electrons. The van der Waals surface area contributed by atoms with E-state index in [1.54, 1.807) is 20.8 Å². The number of esters is 2. The van der Waals surface area contributed by atoms with Gasteiger partial charge >= 0.3 is 11.9 Å². The van der Waals surface area contributed by atoms with Crippen LogP contribution in [0.3, 0.4) is 0 Å². The molecule has 0 spiro atoms. The number of oxime groups is 2. The predicted molar refractivity (Wildman–Crippen MR) is 73.0 cm³/mol. The summed E-state index contributed by atoms with van der Waals surface area (Å²) in [6.45, 7) is 5.80. The van der Waals surface area contributed by atoms with E-state index in [2.05, 4.69) is 10.3 Å². The fourth-order valence-electron chi connectivity index (χ4n) is 2.14. The van der Waals surface area contributed by atoms with Crippen molar-refractivity contribution in [3.8, 4) is 0 Å². The standard InChI is InChI=1S/C13H18N2O7/c1-4-18-11(16)8-7-10(21-14-8)9(12(17)19-5-2)15-22-13(7)20-6-3/h7,10,13H,4-6H2,1-3H3/t7-,10+,13-/m1/s1. The predicted octanol–water partition coefficient (Wildman–Crippen LogP) is 0.232. The third kappa shape index (κ3) is 3.03. The van der Waals surface area contributed by atoms with Gasteiger partial charge in [0.05, 0.1) is 13.2 Å². The van der Waals surface area contributed by atoms with Crippen LogP contribution in [0.15, 0.2) is 10.3 Å². The minimum absolute atomic E-state index is 0.00185. The minimum atomic E-state index is -0.899. The number of carbonyl (C=O) groups excluding carboxylic acids is 2. The third-order valence-electron chi connectivity index (χ3n) is 3.02. The highest BCUT2D eigenvalue weighted by molar-refractivity contribution is 6.43. The molecule has 122 valence electrons. The van der Waals surface area contributed by atoms with Gasteiger partial charge in [-0.25, -0.2) is 9.59 Å². The molecule has 2 aliphatic rings. The normalized spacial score (nSPS) is 26.0. The van der Waals surface area contributed by atoms with E-state index in [0.29, 0.717) is 6.61 Å². The first-order chi connectivity index (χ1) is 10.6. The fraction of sp³-hybridized carbons (Fsp3) is 0.692. The lowest BCUT2D eigenvalue weighted by atomic mass is 9.92. The van der Waals surface area contributed by atoms with Gasteiger partial charge in [-0.05, 0) is 20.8 Å². The number of ether oxygens (including phenoxy) is 3. The van der Waals surface area contributed by atoms with E-state index in [1.807, 2.05) is 0 Å². The second-order valence-corrected chi connectivity index (χ2v) is 4.37. The zero-order chi connectivity index (χ0) is 16.1. The largest absolute Gasteiger partial charge is 0.461 e. The van der Waals surface area contributed by atoms with Crippen LogP contribution in [0.1, 0.15) is 20.8 Å². The highest BCUT2D eigenvalue weighted by Crippen LogP contribution is 2.30. The van der Waals surface area contributed by atoms with Crippen molar-refractivity contribution < 1.29 is 33.5 Å². The molecule has 2 rings (SSSR count). The molecule has 0 aromatic heterocycles. The lowest BCUT2D eigenvalue weighted by molar-refractivity contribution is -0.179. The van der Waals surface area contributed by atoms with Crippen molar-refractivity contribution in [1.29, 1.82) is 0 Å². The Morgan fingerprint density at radius 2 is 1.55 bits per heavy atom. The molecule has 22 heavy (non-hydrogen) atoms. The molecule has 0 N–H and O–H groups in total. The summed E-state index contributed by atoms with van der Waals surface area (Å²) in [5.41, 5.74) is -0.0900. The lowest BCUT2D eigenvalue weighted by Gasteiger charge is -2.28. The van der Waals surface area contributed by atoms with Crippen LogP contribution >= 0.6 is 0 Å². The number of fused-ring (bicyclic) bond motifs is 1. The van der Waals surface area contributed by atoms with Crippen LogP contribution in [0.25, 0.3) is 0 Å².